The SMILES string of the molecule is NCC1CNCCN1C(=O)c1ccncc1F. The van der Waals surface area contributed by atoms with E-state index < -0.39 is 5.82 Å². The lowest BCUT2D eigenvalue weighted by atomic mass is 10.1. The van der Waals surface area contributed by atoms with Crippen molar-refractivity contribution in [3.05, 3.63) is 29.8 Å². The van der Waals surface area contributed by atoms with Crippen LogP contribution in [0.15, 0.2) is 18.5 Å². The largest absolute Gasteiger partial charge is 0.332 e. The summed E-state index contributed by atoms with van der Waals surface area (Å²) in [5.41, 5.74) is 5.66. The van der Waals surface area contributed by atoms with Gasteiger partial charge in [0.25, 0.3) is 5.91 Å². The lowest BCUT2D eigenvalue weighted by Gasteiger charge is -2.35. The number of hydrogen-bond donors (Lipinski definition) is 2. The third kappa shape index (κ3) is 2.42. The van der Waals surface area contributed by atoms with E-state index in [1.807, 2.05) is 0 Å². The Kier molecular flexibility index (Phi) is 3.65. The molecular formula is C11H15FN4O. The molecule has 0 spiro atoms. The Morgan fingerprint density at radius 3 is 3.24 bits per heavy atom. The summed E-state index contributed by atoms with van der Waals surface area (Å²) >= 11 is 0. The standard InChI is InChI=1S/C11H15FN4O/c12-10-7-14-2-1-9(10)11(17)16-4-3-15-6-8(16)5-13/h1-2,7-8,15H,3-6,13H2. The summed E-state index contributed by atoms with van der Waals surface area (Å²) in [6.07, 6.45) is 2.46. The van der Waals surface area contributed by atoms with Crippen molar-refractivity contribution in [1.82, 2.24) is 15.2 Å². The molecule has 0 saturated carbocycles. The van der Waals surface area contributed by atoms with Gasteiger partial charge in [-0.1, -0.05) is 0 Å². The van der Waals surface area contributed by atoms with Gasteiger partial charge >= 0.3 is 0 Å². The van der Waals surface area contributed by atoms with Crippen LogP contribution in [0.5, 0.6) is 0 Å². The van der Waals surface area contributed by atoms with Crippen LogP contribution in [0.4, 0.5) is 4.39 Å². The number of pyridine rings is 1. The number of nitrogens with zero attached hydrogens (tertiary/aromatic N) is 2. The molecule has 0 aromatic carbocycles. The lowest BCUT2D eigenvalue weighted by Crippen LogP contribution is -2.56. The molecule has 1 aromatic rings. The Hall–Kier alpha value is -1.53. The molecule has 0 radical (unpaired) electrons. The fraction of sp³-hybridized carbons (Fsp3) is 0.455. The normalized spacial score (nSPS) is 20.4. The molecule has 92 valence electrons. The topological polar surface area (TPSA) is 71.2 Å². The van der Waals surface area contributed by atoms with E-state index in [1.54, 1.807) is 4.90 Å². The van der Waals surface area contributed by atoms with Crippen LogP contribution in [0.2, 0.25) is 0 Å². The van der Waals surface area contributed by atoms with Gasteiger partial charge in [0.1, 0.15) is 0 Å². The van der Waals surface area contributed by atoms with E-state index in [-0.39, 0.29) is 17.5 Å². The molecule has 1 unspecified atom stereocenters. The van der Waals surface area contributed by atoms with E-state index in [2.05, 4.69) is 10.3 Å². The molecule has 3 N–H and O–H groups in total. The summed E-state index contributed by atoms with van der Waals surface area (Å²) in [7, 11) is 0. The zero-order chi connectivity index (χ0) is 12.3. The first-order valence-electron chi connectivity index (χ1n) is 5.55. The van der Waals surface area contributed by atoms with Crippen LogP contribution in [-0.2, 0) is 0 Å². The van der Waals surface area contributed by atoms with Gasteiger partial charge in [0.15, 0.2) is 5.82 Å². The van der Waals surface area contributed by atoms with E-state index in [1.165, 1.54) is 12.3 Å². The number of carbonyl (C=O) groups excluding carboxylic acids is 1. The Morgan fingerprint density at radius 2 is 2.53 bits per heavy atom. The smallest absolute Gasteiger partial charge is 0.257 e. The van der Waals surface area contributed by atoms with Crippen LogP contribution in [-0.4, -0.2) is 48.0 Å². The molecule has 1 atom stereocenters. The fourth-order valence-electron chi connectivity index (χ4n) is 1.94. The van der Waals surface area contributed by atoms with Crippen LogP contribution in [0.1, 0.15) is 10.4 Å². The van der Waals surface area contributed by atoms with E-state index in [9.17, 15) is 9.18 Å². The number of halogens is 1. The molecule has 6 heteroatoms. The van der Waals surface area contributed by atoms with Gasteiger partial charge in [-0.3, -0.25) is 9.78 Å². The predicted molar refractivity (Wildman–Crippen MR) is 60.9 cm³/mol. The minimum atomic E-state index is -0.591. The number of nitrogens with one attached hydrogen (secondary N) is 1. The Balaban J connectivity index is 2.21. The molecule has 0 bridgehead atoms. The maximum absolute atomic E-state index is 13.5. The highest BCUT2D eigenvalue weighted by Gasteiger charge is 2.27. The second-order valence-electron chi connectivity index (χ2n) is 3.95. The van der Waals surface area contributed by atoms with Gasteiger partial charge in [0.2, 0.25) is 0 Å². The number of aromatic nitrogens is 1. The molecule has 2 rings (SSSR count). The average Bonchev–Trinajstić information content (AvgIpc) is 2.38. The Bertz CT molecular complexity index is 412. The molecule has 5 nitrogen and oxygen atoms in total. The van der Waals surface area contributed by atoms with Crippen molar-refractivity contribution in [3.63, 3.8) is 0 Å². The number of nitrogens with two attached hydrogens (primary N) is 1. The van der Waals surface area contributed by atoms with Gasteiger partial charge in [-0.25, -0.2) is 4.39 Å². The fourth-order valence-corrected chi connectivity index (χ4v) is 1.94. The molecule has 1 amide bonds. The first-order valence-corrected chi connectivity index (χ1v) is 5.55. The second kappa shape index (κ2) is 5.20. The summed E-state index contributed by atoms with van der Waals surface area (Å²) in [5.74, 6) is -0.909. The molecule has 1 aliphatic rings. The number of amides is 1. The lowest BCUT2D eigenvalue weighted by molar-refractivity contribution is 0.0640. The van der Waals surface area contributed by atoms with Crippen molar-refractivity contribution in [3.8, 4) is 0 Å². The third-order valence-corrected chi connectivity index (χ3v) is 2.89. The van der Waals surface area contributed by atoms with Crippen LogP contribution in [0.3, 0.4) is 0 Å². The molecule has 1 aliphatic heterocycles. The minimum absolute atomic E-state index is 0.0559. The first kappa shape index (κ1) is 11.9. The van der Waals surface area contributed by atoms with Crippen LogP contribution >= 0.6 is 0 Å². The Morgan fingerprint density at radius 1 is 1.71 bits per heavy atom. The predicted octanol–water partition coefficient (Wildman–Crippen LogP) is -0.407. The highest BCUT2D eigenvalue weighted by atomic mass is 19.1. The maximum Gasteiger partial charge on any atom is 0.257 e. The quantitative estimate of drug-likeness (QED) is 0.735. The third-order valence-electron chi connectivity index (χ3n) is 2.89. The Labute approximate surface area is 98.8 Å². The van der Waals surface area contributed by atoms with Gasteiger partial charge in [0.05, 0.1) is 17.8 Å². The summed E-state index contributed by atoms with van der Waals surface area (Å²) in [6, 6.07) is 1.32. The zero-order valence-corrected chi connectivity index (χ0v) is 9.40. The van der Waals surface area contributed by atoms with Gasteiger partial charge in [-0.15, -0.1) is 0 Å². The molecule has 17 heavy (non-hydrogen) atoms. The van der Waals surface area contributed by atoms with E-state index in [0.717, 1.165) is 6.20 Å². The molecule has 1 saturated heterocycles. The van der Waals surface area contributed by atoms with Crippen molar-refractivity contribution in [2.45, 2.75) is 6.04 Å². The van der Waals surface area contributed by atoms with Crippen molar-refractivity contribution < 1.29 is 9.18 Å². The van der Waals surface area contributed by atoms with Crippen molar-refractivity contribution in [2.75, 3.05) is 26.2 Å². The minimum Gasteiger partial charge on any atom is -0.332 e. The average molecular weight is 238 g/mol. The first-order chi connectivity index (χ1) is 8.24. The monoisotopic (exact) mass is 238 g/mol. The van der Waals surface area contributed by atoms with Crippen molar-refractivity contribution in [2.24, 2.45) is 5.73 Å². The van der Waals surface area contributed by atoms with Crippen LogP contribution in [0, 0.1) is 5.82 Å². The molecule has 2 heterocycles. The van der Waals surface area contributed by atoms with Crippen molar-refractivity contribution >= 4 is 5.91 Å². The summed E-state index contributed by atoms with van der Waals surface area (Å²) < 4.78 is 13.5. The summed E-state index contributed by atoms with van der Waals surface area (Å²) in [4.78, 5) is 17.4. The number of hydrogen-bond acceptors (Lipinski definition) is 4. The second-order valence-corrected chi connectivity index (χ2v) is 3.95. The molecule has 1 fully saturated rings. The molecule has 0 aliphatic carbocycles. The van der Waals surface area contributed by atoms with E-state index in [4.69, 9.17) is 5.73 Å². The van der Waals surface area contributed by atoms with Gasteiger partial charge in [0, 0.05) is 32.4 Å². The molecular weight excluding hydrogens is 223 g/mol. The van der Waals surface area contributed by atoms with Crippen LogP contribution < -0.4 is 11.1 Å². The molecule has 1 aromatic heterocycles. The van der Waals surface area contributed by atoms with Gasteiger partial charge in [-0.05, 0) is 6.07 Å². The number of rotatable bonds is 2. The van der Waals surface area contributed by atoms with Crippen molar-refractivity contribution in [1.29, 1.82) is 0 Å². The van der Waals surface area contributed by atoms with Crippen LogP contribution in [0.25, 0.3) is 0 Å². The zero-order valence-electron chi connectivity index (χ0n) is 9.40. The number of carbonyl (C=O) groups is 1. The van der Waals surface area contributed by atoms with E-state index >= 15 is 0 Å². The van der Waals surface area contributed by atoms with Gasteiger partial charge in [-0.2, -0.15) is 0 Å². The highest BCUT2D eigenvalue weighted by molar-refractivity contribution is 5.94. The summed E-state index contributed by atoms with van der Waals surface area (Å²) in [5, 5.41) is 3.16. The maximum atomic E-state index is 13.5. The van der Waals surface area contributed by atoms with Gasteiger partial charge < -0.3 is 16.0 Å². The highest BCUT2D eigenvalue weighted by Crippen LogP contribution is 2.12. The van der Waals surface area contributed by atoms with E-state index in [0.29, 0.717) is 26.2 Å². The number of piperazine rings is 1. The summed E-state index contributed by atoms with van der Waals surface area (Å²) in [6.45, 7) is 2.26.